The van der Waals surface area contributed by atoms with Gasteiger partial charge in [0.25, 0.3) is 0 Å². The van der Waals surface area contributed by atoms with E-state index in [1.165, 1.54) is 51.1 Å². The second kappa shape index (κ2) is 3.94. The molecule has 1 spiro atoms. The second-order valence-electron chi connectivity index (χ2n) is 5.48. The Hall–Kier alpha value is 0.270. The monoisotopic (exact) mass is 226 g/mol. The van der Waals surface area contributed by atoms with E-state index in [4.69, 9.17) is 0 Å². The van der Waals surface area contributed by atoms with Gasteiger partial charge in [0.05, 0.1) is 4.87 Å². The highest BCUT2D eigenvalue weighted by molar-refractivity contribution is 8.00. The van der Waals surface area contributed by atoms with Gasteiger partial charge in [-0.2, -0.15) is 0 Å². The molecule has 3 unspecified atom stereocenters. The summed E-state index contributed by atoms with van der Waals surface area (Å²) < 4.78 is 0. The first-order chi connectivity index (χ1) is 7.30. The summed E-state index contributed by atoms with van der Waals surface area (Å²) in [5.41, 5.74) is 0. The molecule has 0 aromatic carbocycles. The number of thioether (sulfide) groups is 1. The average Bonchev–Trinajstić information content (AvgIpc) is 2.63. The molecule has 0 radical (unpaired) electrons. The molecular formula is C12H22N2S. The summed E-state index contributed by atoms with van der Waals surface area (Å²) in [5, 5.41) is 3.86. The Morgan fingerprint density at radius 1 is 1.33 bits per heavy atom. The number of rotatable bonds is 0. The van der Waals surface area contributed by atoms with Gasteiger partial charge < -0.3 is 5.32 Å². The van der Waals surface area contributed by atoms with Gasteiger partial charge in [0.15, 0.2) is 0 Å². The predicted molar refractivity (Wildman–Crippen MR) is 66.2 cm³/mol. The van der Waals surface area contributed by atoms with Crippen LogP contribution in [-0.2, 0) is 0 Å². The van der Waals surface area contributed by atoms with Crippen LogP contribution in [0, 0.1) is 5.92 Å². The molecule has 0 bridgehead atoms. The van der Waals surface area contributed by atoms with Gasteiger partial charge in [-0.05, 0) is 44.0 Å². The molecule has 3 aliphatic heterocycles. The number of hydrogen-bond acceptors (Lipinski definition) is 3. The fraction of sp³-hybridized carbons (Fsp3) is 1.00. The zero-order chi connectivity index (χ0) is 10.3. The summed E-state index contributed by atoms with van der Waals surface area (Å²) in [6.45, 7) is 6.28. The average molecular weight is 226 g/mol. The van der Waals surface area contributed by atoms with E-state index >= 15 is 0 Å². The highest BCUT2D eigenvalue weighted by Gasteiger charge is 2.49. The fourth-order valence-corrected chi connectivity index (χ4v) is 4.97. The molecule has 3 aliphatic rings. The van der Waals surface area contributed by atoms with Gasteiger partial charge in [-0.3, -0.25) is 4.90 Å². The number of nitrogens with one attached hydrogen (secondary N) is 1. The zero-order valence-electron chi connectivity index (χ0n) is 9.67. The Bertz CT molecular complexity index is 236. The summed E-state index contributed by atoms with van der Waals surface area (Å²) in [6, 6.07) is 0.837. The molecule has 3 rings (SSSR count). The molecule has 3 fully saturated rings. The Labute approximate surface area is 97.2 Å². The molecular weight excluding hydrogens is 204 g/mol. The molecule has 0 aliphatic carbocycles. The van der Waals surface area contributed by atoms with Crippen LogP contribution >= 0.6 is 11.8 Å². The van der Waals surface area contributed by atoms with Crippen molar-refractivity contribution in [2.75, 3.05) is 25.4 Å². The van der Waals surface area contributed by atoms with E-state index in [1.54, 1.807) is 0 Å². The smallest absolute Gasteiger partial charge is 0.0814 e. The normalized spacial score (nSPS) is 47.0. The summed E-state index contributed by atoms with van der Waals surface area (Å²) in [4.78, 5) is 3.17. The maximum atomic E-state index is 3.86. The molecule has 15 heavy (non-hydrogen) atoms. The van der Waals surface area contributed by atoms with E-state index in [0.717, 1.165) is 12.0 Å². The lowest BCUT2D eigenvalue weighted by atomic mass is 9.97. The lowest BCUT2D eigenvalue weighted by Gasteiger charge is -2.44. The van der Waals surface area contributed by atoms with Gasteiger partial charge >= 0.3 is 0 Å². The topological polar surface area (TPSA) is 15.3 Å². The Morgan fingerprint density at radius 3 is 3.07 bits per heavy atom. The van der Waals surface area contributed by atoms with Crippen LogP contribution in [0.3, 0.4) is 0 Å². The van der Waals surface area contributed by atoms with Crippen LogP contribution in [0.2, 0.25) is 0 Å². The number of piperidine rings is 1. The zero-order valence-corrected chi connectivity index (χ0v) is 10.5. The van der Waals surface area contributed by atoms with Crippen molar-refractivity contribution in [2.24, 2.45) is 5.92 Å². The minimum atomic E-state index is 0.437. The first kappa shape index (κ1) is 10.4. The Balaban J connectivity index is 1.75. The first-order valence-electron chi connectivity index (χ1n) is 6.43. The maximum absolute atomic E-state index is 3.86. The molecule has 0 amide bonds. The Morgan fingerprint density at radius 2 is 2.27 bits per heavy atom. The number of fused-ring (bicyclic) bond motifs is 2. The minimum Gasteiger partial charge on any atom is -0.301 e. The van der Waals surface area contributed by atoms with Gasteiger partial charge in [0.1, 0.15) is 0 Å². The molecule has 3 heteroatoms. The van der Waals surface area contributed by atoms with Crippen LogP contribution in [-0.4, -0.2) is 41.2 Å². The van der Waals surface area contributed by atoms with E-state index < -0.39 is 0 Å². The van der Waals surface area contributed by atoms with Gasteiger partial charge in [-0.1, -0.05) is 13.3 Å². The first-order valence-corrected chi connectivity index (χ1v) is 7.42. The molecule has 2 nitrogen and oxygen atoms in total. The fourth-order valence-electron chi connectivity index (χ4n) is 3.39. The van der Waals surface area contributed by atoms with Crippen molar-refractivity contribution in [1.82, 2.24) is 10.2 Å². The maximum Gasteiger partial charge on any atom is 0.0814 e. The lowest BCUT2D eigenvalue weighted by Crippen LogP contribution is -2.57. The molecule has 0 saturated carbocycles. The summed E-state index contributed by atoms with van der Waals surface area (Å²) in [5.74, 6) is 2.22. The molecule has 0 aromatic rings. The van der Waals surface area contributed by atoms with E-state index in [9.17, 15) is 0 Å². The number of nitrogens with zero attached hydrogens (tertiary/aromatic N) is 1. The van der Waals surface area contributed by atoms with Crippen molar-refractivity contribution < 1.29 is 0 Å². The predicted octanol–water partition coefficient (Wildman–Crippen LogP) is 1.91. The molecule has 3 heterocycles. The van der Waals surface area contributed by atoms with Gasteiger partial charge in [-0.25, -0.2) is 0 Å². The summed E-state index contributed by atoms with van der Waals surface area (Å²) >= 11 is 2.21. The van der Waals surface area contributed by atoms with Crippen LogP contribution in [0.15, 0.2) is 0 Å². The van der Waals surface area contributed by atoms with E-state index in [2.05, 4.69) is 28.9 Å². The Kier molecular flexibility index (Phi) is 2.74. The van der Waals surface area contributed by atoms with E-state index in [-0.39, 0.29) is 0 Å². The van der Waals surface area contributed by atoms with Crippen LogP contribution in [0.4, 0.5) is 0 Å². The molecule has 1 N–H and O–H groups in total. The lowest BCUT2D eigenvalue weighted by molar-refractivity contribution is 0.168. The van der Waals surface area contributed by atoms with Crippen molar-refractivity contribution in [3.63, 3.8) is 0 Å². The summed E-state index contributed by atoms with van der Waals surface area (Å²) in [6.07, 6.45) is 5.66. The van der Waals surface area contributed by atoms with Crippen molar-refractivity contribution in [3.8, 4) is 0 Å². The standard InChI is InChI=1S/C12H22N2S/c1-10-8-13-12(15-9-10)5-7-14-6-3-2-4-11(12)14/h10-11,13H,2-9H2,1H3. The largest absolute Gasteiger partial charge is 0.301 e. The van der Waals surface area contributed by atoms with E-state index in [0.29, 0.717) is 4.87 Å². The molecule has 3 atom stereocenters. The van der Waals surface area contributed by atoms with Gasteiger partial charge in [0, 0.05) is 12.6 Å². The molecule has 3 saturated heterocycles. The van der Waals surface area contributed by atoms with Crippen LogP contribution in [0.25, 0.3) is 0 Å². The third-order valence-electron chi connectivity index (χ3n) is 4.30. The SMILES string of the molecule is CC1CNC2(CCN3CCCCC32)SC1. The minimum absolute atomic E-state index is 0.437. The second-order valence-corrected chi connectivity index (χ2v) is 6.83. The van der Waals surface area contributed by atoms with Crippen molar-refractivity contribution in [1.29, 1.82) is 0 Å². The molecule has 86 valence electrons. The quantitative estimate of drug-likeness (QED) is 0.679. The van der Waals surface area contributed by atoms with Crippen LogP contribution in [0.5, 0.6) is 0 Å². The molecule has 0 aromatic heterocycles. The van der Waals surface area contributed by atoms with Gasteiger partial charge in [0.2, 0.25) is 0 Å². The highest BCUT2D eigenvalue weighted by Crippen LogP contribution is 2.44. The van der Waals surface area contributed by atoms with Crippen molar-refractivity contribution in [2.45, 2.75) is 43.5 Å². The van der Waals surface area contributed by atoms with Crippen molar-refractivity contribution in [3.05, 3.63) is 0 Å². The van der Waals surface area contributed by atoms with Gasteiger partial charge in [-0.15, -0.1) is 11.8 Å². The highest BCUT2D eigenvalue weighted by atomic mass is 32.2. The third-order valence-corrected chi connectivity index (χ3v) is 6.17. The summed E-state index contributed by atoms with van der Waals surface area (Å²) in [7, 11) is 0. The van der Waals surface area contributed by atoms with Crippen molar-refractivity contribution >= 4 is 11.8 Å². The third kappa shape index (κ3) is 1.73. The van der Waals surface area contributed by atoms with E-state index in [1.807, 2.05) is 0 Å². The van der Waals surface area contributed by atoms with Crippen LogP contribution < -0.4 is 5.32 Å². The number of hydrogen-bond donors (Lipinski definition) is 1. The van der Waals surface area contributed by atoms with Crippen LogP contribution in [0.1, 0.15) is 32.6 Å².